The first-order valence-electron chi connectivity index (χ1n) is 7.42. The minimum Gasteiger partial charge on any atom is -0.378 e. The molecular weight excluding hydrogens is 258 g/mol. The Kier molecular flexibility index (Phi) is 4.42. The highest BCUT2D eigenvalue weighted by Gasteiger charge is 2.26. The number of hydrogen-bond donors (Lipinski definition) is 1. The Morgan fingerprint density at radius 2 is 2.11 bits per heavy atom. The van der Waals surface area contributed by atoms with Crippen LogP contribution in [0.1, 0.15) is 43.6 Å². The lowest BCUT2D eigenvalue weighted by molar-refractivity contribution is 0.0976. The molecule has 104 valence electrons. The van der Waals surface area contributed by atoms with Gasteiger partial charge in [0.25, 0.3) is 0 Å². The van der Waals surface area contributed by atoms with Gasteiger partial charge in [-0.05, 0) is 43.7 Å². The maximum absolute atomic E-state index is 6.37. The van der Waals surface area contributed by atoms with Crippen molar-refractivity contribution in [3.05, 3.63) is 34.9 Å². The molecule has 2 atom stereocenters. The van der Waals surface area contributed by atoms with Crippen molar-refractivity contribution in [1.82, 2.24) is 5.32 Å². The number of ether oxygens (including phenoxy) is 1. The van der Waals surface area contributed by atoms with Crippen LogP contribution in [0.4, 0.5) is 0 Å². The molecule has 1 saturated heterocycles. The Bertz CT molecular complexity index is 413. The van der Waals surface area contributed by atoms with Crippen LogP contribution in [-0.4, -0.2) is 25.3 Å². The van der Waals surface area contributed by atoms with E-state index in [0.717, 1.165) is 30.6 Å². The van der Waals surface area contributed by atoms with Gasteiger partial charge in [-0.15, -0.1) is 0 Å². The molecule has 0 spiro atoms. The molecule has 2 fully saturated rings. The second-order valence-electron chi connectivity index (χ2n) is 5.77. The van der Waals surface area contributed by atoms with Crippen molar-refractivity contribution in [3.63, 3.8) is 0 Å². The summed E-state index contributed by atoms with van der Waals surface area (Å²) in [5, 5.41) is 4.53. The first-order valence-corrected chi connectivity index (χ1v) is 7.80. The summed E-state index contributed by atoms with van der Waals surface area (Å²) in [5.74, 6) is 0.470. The van der Waals surface area contributed by atoms with Gasteiger partial charge in [-0.3, -0.25) is 0 Å². The third-order valence-corrected chi connectivity index (χ3v) is 4.49. The predicted octanol–water partition coefficient (Wildman–Crippen LogP) is 3.74. The van der Waals surface area contributed by atoms with Crippen LogP contribution in [-0.2, 0) is 4.74 Å². The second kappa shape index (κ2) is 6.25. The third kappa shape index (κ3) is 3.71. The molecule has 2 aliphatic rings. The van der Waals surface area contributed by atoms with Crippen LogP contribution in [0.15, 0.2) is 24.3 Å². The van der Waals surface area contributed by atoms with Gasteiger partial charge in [-0.2, -0.15) is 0 Å². The van der Waals surface area contributed by atoms with E-state index in [2.05, 4.69) is 17.4 Å². The number of rotatable bonds is 6. The average Bonchev–Trinajstić information content (AvgIpc) is 3.11. The van der Waals surface area contributed by atoms with Crippen LogP contribution >= 0.6 is 11.6 Å². The zero-order valence-corrected chi connectivity index (χ0v) is 12.0. The quantitative estimate of drug-likeness (QED) is 0.856. The number of halogens is 1. The molecule has 0 radical (unpaired) electrons. The maximum atomic E-state index is 6.37. The van der Waals surface area contributed by atoms with Crippen LogP contribution in [0.5, 0.6) is 0 Å². The summed E-state index contributed by atoms with van der Waals surface area (Å²) in [6, 6.07) is 8.99. The summed E-state index contributed by atoms with van der Waals surface area (Å²) in [6.07, 6.45) is 6.57. The lowest BCUT2D eigenvalue weighted by Gasteiger charge is -2.22. The van der Waals surface area contributed by atoms with E-state index in [1.54, 1.807) is 0 Å². The molecule has 1 N–H and O–H groups in total. The lowest BCUT2D eigenvalue weighted by atomic mass is 9.92. The van der Waals surface area contributed by atoms with Gasteiger partial charge in [0.15, 0.2) is 0 Å². The van der Waals surface area contributed by atoms with Crippen LogP contribution < -0.4 is 5.32 Å². The summed E-state index contributed by atoms with van der Waals surface area (Å²) in [5.41, 5.74) is 1.27. The Hall–Kier alpha value is -0.570. The lowest BCUT2D eigenvalue weighted by Crippen LogP contribution is -2.26. The smallest absolute Gasteiger partial charge is 0.0582 e. The van der Waals surface area contributed by atoms with Gasteiger partial charge < -0.3 is 10.1 Å². The van der Waals surface area contributed by atoms with Gasteiger partial charge in [-0.1, -0.05) is 29.8 Å². The Morgan fingerprint density at radius 3 is 2.79 bits per heavy atom. The monoisotopic (exact) mass is 279 g/mol. The molecule has 3 heteroatoms. The Balaban J connectivity index is 1.68. The second-order valence-corrected chi connectivity index (χ2v) is 6.18. The van der Waals surface area contributed by atoms with E-state index in [-0.39, 0.29) is 0 Å². The van der Waals surface area contributed by atoms with E-state index in [0.29, 0.717) is 12.0 Å². The first kappa shape index (κ1) is 13.4. The van der Waals surface area contributed by atoms with E-state index < -0.39 is 0 Å². The summed E-state index contributed by atoms with van der Waals surface area (Å²) in [4.78, 5) is 0. The fourth-order valence-electron chi connectivity index (χ4n) is 2.87. The van der Waals surface area contributed by atoms with Crippen LogP contribution in [0, 0.1) is 0 Å². The number of nitrogens with one attached hydrogen (secondary N) is 1. The van der Waals surface area contributed by atoms with Crippen molar-refractivity contribution in [1.29, 1.82) is 0 Å². The Labute approximate surface area is 120 Å². The fourth-order valence-corrected chi connectivity index (χ4v) is 3.16. The molecule has 19 heavy (non-hydrogen) atoms. The Morgan fingerprint density at radius 1 is 1.26 bits per heavy atom. The fraction of sp³-hybridized carbons (Fsp3) is 0.625. The third-order valence-electron chi connectivity index (χ3n) is 4.15. The molecule has 1 heterocycles. The van der Waals surface area contributed by atoms with Crippen LogP contribution in [0.25, 0.3) is 0 Å². The molecule has 1 aliphatic heterocycles. The summed E-state index contributed by atoms with van der Waals surface area (Å²) >= 11 is 6.37. The molecule has 0 aromatic heterocycles. The van der Waals surface area contributed by atoms with Crippen molar-refractivity contribution < 1.29 is 4.74 Å². The zero-order valence-electron chi connectivity index (χ0n) is 11.3. The van der Waals surface area contributed by atoms with Gasteiger partial charge in [0.05, 0.1) is 6.10 Å². The van der Waals surface area contributed by atoms with E-state index in [1.165, 1.54) is 31.2 Å². The predicted molar refractivity (Wildman–Crippen MR) is 78.8 cm³/mol. The number of hydrogen-bond acceptors (Lipinski definition) is 2. The standard InChI is InChI=1S/C16H22ClNO/c17-16-6-2-1-5-15(16)12(11-18-13-7-8-13)10-14-4-3-9-19-14/h1-2,5-6,12-14,18H,3-4,7-11H2. The topological polar surface area (TPSA) is 21.3 Å². The molecule has 1 saturated carbocycles. The van der Waals surface area contributed by atoms with E-state index in [4.69, 9.17) is 16.3 Å². The maximum Gasteiger partial charge on any atom is 0.0582 e. The largest absolute Gasteiger partial charge is 0.378 e. The highest BCUT2D eigenvalue weighted by atomic mass is 35.5. The van der Waals surface area contributed by atoms with Gasteiger partial charge in [0.2, 0.25) is 0 Å². The molecule has 1 aromatic carbocycles. The van der Waals surface area contributed by atoms with Crippen molar-refractivity contribution >= 4 is 11.6 Å². The molecule has 0 amide bonds. The normalized spacial score (nSPS) is 24.6. The minimum atomic E-state index is 0.419. The average molecular weight is 280 g/mol. The van der Waals surface area contributed by atoms with E-state index in [9.17, 15) is 0 Å². The molecule has 1 aromatic rings. The van der Waals surface area contributed by atoms with Gasteiger partial charge in [0.1, 0.15) is 0 Å². The number of benzene rings is 1. The van der Waals surface area contributed by atoms with Crippen molar-refractivity contribution in [2.45, 2.75) is 50.2 Å². The van der Waals surface area contributed by atoms with Crippen molar-refractivity contribution in [2.24, 2.45) is 0 Å². The van der Waals surface area contributed by atoms with Crippen molar-refractivity contribution in [2.75, 3.05) is 13.2 Å². The minimum absolute atomic E-state index is 0.419. The molecule has 0 bridgehead atoms. The van der Waals surface area contributed by atoms with Crippen LogP contribution in [0.2, 0.25) is 5.02 Å². The van der Waals surface area contributed by atoms with Gasteiger partial charge in [0, 0.05) is 30.1 Å². The van der Waals surface area contributed by atoms with E-state index in [1.807, 2.05) is 12.1 Å². The SMILES string of the molecule is Clc1ccccc1C(CNC1CC1)CC1CCCO1. The highest BCUT2D eigenvalue weighted by molar-refractivity contribution is 6.31. The van der Waals surface area contributed by atoms with Crippen molar-refractivity contribution in [3.8, 4) is 0 Å². The van der Waals surface area contributed by atoms with Crippen LogP contribution in [0.3, 0.4) is 0 Å². The molecule has 2 unspecified atom stereocenters. The molecule has 2 nitrogen and oxygen atoms in total. The van der Waals surface area contributed by atoms with Gasteiger partial charge in [-0.25, -0.2) is 0 Å². The molecular formula is C16H22ClNO. The van der Waals surface area contributed by atoms with Gasteiger partial charge >= 0.3 is 0 Å². The zero-order chi connectivity index (χ0) is 13.1. The molecule has 3 rings (SSSR count). The molecule has 1 aliphatic carbocycles. The first-order chi connectivity index (χ1) is 9.33. The summed E-state index contributed by atoms with van der Waals surface area (Å²) < 4.78 is 5.80. The summed E-state index contributed by atoms with van der Waals surface area (Å²) in [7, 11) is 0. The summed E-state index contributed by atoms with van der Waals surface area (Å²) in [6.45, 7) is 1.95. The highest BCUT2D eigenvalue weighted by Crippen LogP contribution is 2.31. The van der Waals surface area contributed by atoms with E-state index >= 15 is 0 Å².